The predicted molar refractivity (Wildman–Crippen MR) is 85.5 cm³/mol. The van der Waals surface area contributed by atoms with Gasteiger partial charge in [-0.2, -0.15) is 0 Å². The zero-order valence-electron chi connectivity index (χ0n) is 13.4. The fourth-order valence-corrected chi connectivity index (χ4v) is 5.59. The van der Waals surface area contributed by atoms with Gasteiger partial charge in [0.2, 0.25) is 5.91 Å². The van der Waals surface area contributed by atoms with Crippen molar-refractivity contribution in [3.8, 4) is 0 Å². The number of hydrogen-bond donors (Lipinski definition) is 1. The molecule has 1 N–H and O–H groups in total. The van der Waals surface area contributed by atoms with Crippen LogP contribution >= 0.6 is 0 Å². The molecule has 0 bridgehead atoms. The zero-order valence-corrected chi connectivity index (χ0v) is 14.2. The number of piperazine rings is 1. The third-order valence-electron chi connectivity index (χ3n) is 5.64. The summed E-state index contributed by atoms with van der Waals surface area (Å²) in [7, 11) is -3.41. The Balaban J connectivity index is 1.79. The van der Waals surface area contributed by atoms with Crippen molar-refractivity contribution < 1.29 is 13.2 Å². The van der Waals surface area contributed by atoms with Gasteiger partial charge in [0.25, 0.3) is 0 Å². The van der Waals surface area contributed by atoms with Crippen molar-refractivity contribution in [3.63, 3.8) is 0 Å². The third kappa shape index (κ3) is 2.78. The van der Waals surface area contributed by atoms with Crippen LogP contribution in [0.2, 0.25) is 0 Å². The van der Waals surface area contributed by atoms with Gasteiger partial charge in [-0.15, -0.1) is 0 Å². The molecule has 0 aromatic carbocycles. The summed E-state index contributed by atoms with van der Waals surface area (Å²) in [5.41, 5.74) is 0. The van der Waals surface area contributed by atoms with Crippen LogP contribution in [0.5, 0.6) is 0 Å². The second kappa shape index (κ2) is 6.09. The van der Waals surface area contributed by atoms with Crippen LogP contribution in [0.4, 0.5) is 0 Å². The molecular formula is C15H27N3O3S. The maximum atomic E-state index is 13.1. The molecule has 1 unspecified atom stereocenters. The number of carbonyl (C=O) groups excluding carboxylic acids is 1. The lowest BCUT2D eigenvalue weighted by atomic mass is 9.93. The molecule has 1 amide bonds. The molecule has 1 atom stereocenters. The number of carbonyl (C=O) groups is 1. The molecule has 126 valence electrons. The topological polar surface area (TPSA) is 69.7 Å². The van der Waals surface area contributed by atoms with Gasteiger partial charge < -0.3 is 10.2 Å². The average molecular weight is 329 g/mol. The normalized spacial score (nSPS) is 29.9. The van der Waals surface area contributed by atoms with Crippen LogP contribution in [0.3, 0.4) is 0 Å². The lowest BCUT2D eigenvalue weighted by Crippen LogP contribution is -2.63. The van der Waals surface area contributed by atoms with Crippen LogP contribution in [0.25, 0.3) is 0 Å². The second-order valence-corrected chi connectivity index (χ2v) is 9.28. The van der Waals surface area contributed by atoms with Gasteiger partial charge in [-0.3, -0.25) is 9.69 Å². The van der Waals surface area contributed by atoms with E-state index in [4.69, 9.17) is 0 Å². The number of sulfone groups is 1. The molecule has 6 nitrogen and oxygen atoms in total. The first-order valence-corrected chi connectivity index (χ1v) is 10.3. The van der Waals surface area contributed by atoms with Gasteiger partial charge in [-0.25, -0.2) is 8.42 Å². The fraction of sp³-hybridized carbons (Fsp3) is 0.933. The highest BCUT2D eigenvalue weighted by atomic mass is 32.2. The highest BCUT2D eigenvalue weighted by Gasteiger charge is 2.51. The van der Waals surface area contributed by atoms with Crippen LogP contribution in [-0.2, 0) is 14.6 Å². The van der Waals surface area contributed by atoms with E-state index in [1.807, 2.05) is 4.90 Å². The van der Waals surface area contributed by atoms with Crippen LogP contribution in [0, 0.1) is 0 Å². The van der Waals surface area contributed by atoms with Crippen LogP contribution in [0.15, 0.2) is 0 Å². The van der Waals surface area contributed by atoms with Crippen molar-refractivity contribution >= 4 is 15.7 Å². The number of nitrogens with one attached hydrogen (secondary N) is 1. The summed E-state index contributed by atoms with van der Waals surface area (Å²) in [6.07, 6.45) is 5.60. The van der Waals surface area contributed by atoms with Crippen molar-refractivity contribution in [2.24, 2.45) is 0 Å². The highest BCUT2D eigenvalue weighted by molar-refractivity contribution is 7.92. The third-order valence-corrected chi connectivity index (χ3v) is 7.64. The maximum Gasteiger partial charge on any atom is 0.244 e. The first-order valence-electron chi connectivity index (χ1n) is 8.38. The lowest BCUT2D eigenvalue weighted by molar-refractivity contribution is -0.138. The van der Waals surface area contributed by atoms with E-state index in [0.717, 1.165) is 19.5 Å². The Kier molecular flexibility index (Phi) is 4.49. The largest absolute Gasteiger partial charge is 0.338 e. The minimum Gasteiger partial charge on any atom is -0.338 e. The molecule has 3 aliphatic heterocycles. The standard InChI is InChI=1S/C15H27N3O3S/c1-22(20,21)15(5-7-16-8-6-15)14(19)18-11-10-17-9-3-2-4-13(17)12-18/h13,16H,2-12H2,1H3. The van der Waals surface area contributed by atoms with Gasteiger partial charge >= 0.3 is 0 Å². The minimum absolute atomic E-state index is 0.151. The minimum atomic E-state index is -3.41. The van der Waals surface area contributed by atoms with Crippen molar-refractivity contribution in [2.45, 2.75) is 42.9 Å². The van der Waals surface area contributed by atoms with E-state index < -0.39 is 14.6 Å². The van der Waals surface area contributed by atoms with Crippen molar-refractivity contribution in [2.75, 3.05) is 45.5 Å². The SMILES string of the molecule is CS(=O)(=O)C1(C(=O)N2CCN3CCCCC3C2)CCNCC1. The molecule has 22 heavy (non-hydrogen) atoms. The van der Waals surface area contributed by atoms with E-state index >= 15 is 0 Å². The van der Waals surface area contributed by atoms with E-state index in [2.05, 4.69) is 10.2 Å². The van der Waals surface area contributed by atoms with Crippen LogP contribution < -0.4 is 5.32 Å². The average Bonchev–Trinajstić information content (AvgIpc) is 2.53. The lowest BCUT2D eigenvalue weighted by Gasteiger charge is -2.47. The first kappa shape index (κ1) is 16.2. The van der Waals surface area contributed by atoms with E-state index in [9.17, 15) is 13.2 Å². The van der Waals surface area contributed by atoms with E-state index in [1.165, 1.54) is 19.1 Å². The Morgan fingerprint density at radius 3 is 2.55 bits per heavy atom. The smallest absolute Gasteiger partial charge is 0.244 e. The highest BCUT2D eigenvalue weighted by Crippen LogP contribution is 2.32. The summed E-state index contributed by atoms with van der Waals surface area (Å²) in [4.78, 5) is 17.4. The van der Waals surface area contributed by atoms with Gasteiger partial charge in [0.1, 0.15) is 0 Å². The van der Waals surface area contributed by atoms with Gasteiger partial charge in [-0.1, -0.05) is 6.42 Å². The maximum absolute atomic E-state index is 13.1. The summed E-state index contributed by atoms with van der Waals surface area (Å²) in [6.45, 7) is 4.57. The van der Waals surface area contributed by atoms with Crippen LogP contribution in [0.1, 0.15) is 32.1 Å². The number of rotatable bonds is 2. The molecule has 0 aliphatic carbocycles. The zero-order chi connectivity index (χ0) is 15.8. The molecule has 3 rings (SSSR count). The Hall–Kier alpha value is -0.660. The molecule has 3 aliphatic rings. The van der Waals surface area contributed by atoms with Crippen molar-refractivity contribution in [1.29, 1.82) is 0 Å². The van der Waals surface area contributed by atoms with E-state index in [0.29, 0.717) is 45.1 Å². The quantitative estimate of drug-likeness (QED) is 0.763. The van der Waals surface area contributed by atoms with Gasteiger partial charge in [0.15, 0.2) is 14.6 Å². The molecule has 7 heteroatoms. The molecule has 3 saturated heterocycles. The molecular weight excluding hydrogens is 302 g/mol. The molecule has 3 heterocycles. The molecule has 0 aromatic heterocycles. The Morgan fingerprint density at radius 1 is 1.14 bits per heavy atom. The predicted octanol–water partition coefficient (Wildman–Crippen LogP) is -0.150. The number of hydrogen-bond acceptors (Lipinski definition) is 5. The monoisotopic (exact) mass is 329 g/mol. The molecule has 3 fully saturated rings. The first-order chi connectivity index (χ1) is 10.4. The summed E-state index contributed by atoms with van der Waals surface area (Å²) in [6, 6.07) is 0.421. The number of piperidine rings is 2. The molecule has 0 spiro atoms. The number of nitrogens with zero attached hydrogens (tertiary/aromatic N) is 2. The summed E-state index contributed by atoms with van der Waals surface area (Å²) in [5, 5.41) is 3.17. The van der Waals surface area contributed by atoms with Gasteiger partial charge in [-0.05, 0) is 45.3 Å². The summed E-state index contributed by atoms with van der Waals surface area (Å²) >= 11 is 0. The molecule has 0 aromatic rings. The second-order valence-electron chi connectivity index (χ2n) is 6.95. The van der Waals surface area contributed by atoms with Crippen LogP contribution in [-0.4, -0.2) is 80.4 Å². The van der Waals surface area contributed by atoms with E-state index in [1.54, 1.807) is 0 Å². The van der Waals surface area contributed by atoms with Gasteiger partial charge in [0.05, 0.1) is 0 Å². The molecule has 0 saturated carbocycles. The Morgan fingerprint density at radius 2 is 1.86 bits per heavy atom. The molecule has 0 radical (unpaired) electrons. The Labute approximate surface area is 133 Å². The Bertz CT molecular complexity index is 528. The number of amides is 1. The number of fused-ring (bicyclic) bond motifs is 1. The van der Waals surface area contributed by atoms with Gasteiger partial charge in [0, 0.05) is 31.9 Å². The van der Waals surface area contributed by atoms with Crippen molar-refractivity contribution in [3.05, 3.63) is 0 Å². The summed E-state index contributed by atoms with van der Waals surface area (Å²) in [5.74, 6) is -0.151. The fourth-order valence-electron chi connectivity index (χ4n) is 4.20. The van der Waals surface area contributed by atoms with Crippen molar-refractivity contribution in [1.82, 2.24) is 15.1 Å². The van der Waals surface area contributed by atoms with E-state index in [-0.39, 0.29) is 5.91 Å². The summed E-state index contributed by atoms with van der Waals surface area (Å²) < 4.78 is 23.6.